The molecule has 1 N–H and O–H groups in total. The number of nitrogens with zero attached hydrogens (tertiary/aromatic N) is 1. The highest BCUT2D eigenvalue weighted by molar-refractivity contribution is 5.80. The molecule has 4 heteroatoms. The molecule has 3 aromatic rings. The van der Waals surface area contributed by atoms with Gasteiger partial charge in [-0.2, -0.15) is 0 Å². The molecule has 4 nitrogen and oxygen atoms in total. The predicted octanol–water partition coefficient (Wildman–Crippen LogP) is 1.99. The highest BCUT2D eigenvalue weighted by atomic mass is 16.2. The van der Waals surface area contributed by atoms with Crippen molar-refractivity contribution in [2.75, 3.05) is 0 Å². The van der Waals surface area contributed by atoms with Gasteiger partial charge in [0.25, 0.3) is 11.1 Å². The molecule has 0 amide bonds. The van der Waals surface area contributed by atoms with Crippen molar-refractivity contribution in [2.45, 2.75) is 6.92 Å². The van der Waals surface area contributed by atoms with E-state index in [0.717, 1.165) is 5.56 Å². The first-order valence-corrected chi connectivity index (χ1v) is 5.98. The maximum atomic E-state index is 12.4. The van der Waals surface area contributed by atoms with Crippen LogP contribution >= 0.6 is 0 Å². The Morgan fingerprint density at radius 3 is 2.42 bits per heavy atom. The van der Waals surface area contributed by atoms with Crippen LogP contribution in [0.3, 0.4) is 0 Å². The third-order valence-corrected chi connectivity index (χ3v) is 3.08. The largest absolute Gasteiger partial charge is 0.277 e. The number of hydrogen-bond acceptors (Lipinski definition) is 2. The molecule has 19 heavy (non-hydrogen) atoms. The fourth-order valence-electron chi connectivity index (χ4n) is 2.15. The molecule has 3 rings (SSSR count). The van der Waals surface area contributed by atoms with E-state index in [9.17, 15) is 9.59 Å². The molecule has 2 aromatic carbocycles. The molecule has 0 aliphatic rings. The quantitative estimate of drug-likeness (QED) is 0.720. The summed E-state index contributed by atoms with van der Waals surface area (Å²) in [6.45, 7) is 1.94. The van der Waals surface area contributed by atoms with E-state index in [2.05, 4.69) is 5.10 Å². The number of nitrogens with one attached hydrogen (secondary N) is 1. The molecule has 0 spiro atoms. The number of aromatic nitrogens is 2. The van der Waals surface area contributed by atoms with Gasteiger partial charge < -0.3 is 0 Å². The zero-order valence-corrected chi connectivity index (χ0v) is 10.4. The SMILES string of the molecule is Cc1cccc(-n2[nH]c(=O)c3ccccc3c2=O)c1. The molecule has 0 aliphatic carbocycles. The minimum Gasteiger partial charge on any atom is -0.267 e. The Labute approximate surface area is 108 Å². The summed E-state index contributed by atoms with van der Waals surface area (Å²) in [5, 5.41) is 3.45. The zero-order chi connectivity index (χ0) is 13.4. The van der Waals surface area contributed by atoms with Gasteiger partial charge in [-0.05, 0) is 36.8 Å². The summed E-state index contributed by atoms with van der Waals surface area (Å²) in [6.07, 6.45) is 0. The van der Waals surface area contributed by atoms with Gasteiger partial charge in [-0.25, -0.2) is 4.68 Å². The summed E-state index contributed by atoms with van der Waals surface area (Å²) >= 11 is 0. The van der Waals surface area contributed by atoms with Crippen molar-refractivity contribution >= 4 is 10.8 Å². The standard InChI is InChI=1S/C15H12N2O2/c1-10-5-4-6-11(9-10)17-15(19)13-8-3-2-7-12(13)14(18)16-17/h2-9H,1H3,(H,16,18). The average Bonchev–Trinajstić information content (AvgIpc) is 2.43. The predicted molar refractivity (Wildman–Crippen MR) is 74.9 cm³/mol. The molecule has 0 fully saturated rings. The van der Waals surface area contributed by atoms with Gasteiger partial charge in [0.2, 0.25) is 0 Å². The summed E-state index contributed by atoms with van der Waals surface area (Å²) in [4.78, 5) is 24.4. The van der Waals surface area contributed by atoms with Crippen LogP contribution in [0.5, 0.6) is 0 Å². The lowest BCUT2D eigenvalue weighted by molar-refractivity contribution is 0.801. The maximum Gasteiger partial charge on any atom is 0.277 e. The second-order valence-electron chi connectivity index (χ2n) is 4.47. The Balaban J connectivity index is 2.41. The smallest absolute Gasteiger partial charge is 0.267 e. The van der Waals surface area contributed by atoms with Gasteiger partial charge in [0.1, 0.15) is 0 Å². The van der Waals surface area contributed by atoms with Gasteiger partial charge in [-0.15, -0.1) is 0 Å². The van der Waals surface area contributed by atoms with E-state index in [0.29, 0.717) is 16.5 Å². The molecule has 0 bridgehead atoms. The summed E-state index contributed by atoms with van der Waals surface area (Å²) in [7, 11) is 0. The summed E-state index contributed by atoms with van der Waals surface area (Å²) in [6, 6.07) is 14.2. The van der Waals surface area contributed by atoms with Crippen molar-refractivity contribution in [1.82, 2.24) is 9.78 Å². The van der Waals surface area contributed by atoms with E-state index in [1.807, 2.05) is 25.1 Å². The number of fused-ring (bicyclic) bond motifs is 1. The van der Waals surface area contributed by atoms with Gasteiger partial charge in [-0.3, -0.25) is 14.7 Å². The monoisotopic (exact) mass is 252 g/mol. The summed E-state index contributed by atoms with van der Waals surface area (Å²) in [5.74, 6) is 0. The van der Waals surface area contributed by atoms with E-state index in [1.165, 1.54) is 4.68 Å². The maximum absolute atomic E-state index is 12.4. The van der Waals surface area contributed by atoms with Crippen LogP contribution in [0.15, 0.2) is 58.1 Å². The van der Waals surface area contributed by atoms with Crippen molar-refractivity contribution in [3.8, 4) is 5.69 Å². The first-order valence-electron chi connectivity index (χ1n) is 5.98. The Morgan fingerprint density at radius 1 is 0.947 bits per heavy atom. The van der Waals surface area contributed by atoms with Crippen molar-refractivity contribution < 1.29 is 0 Å². The number of hydrogen-bond donors (Lipinski definition) is 1. The van der Waals surface area contributed by atoms with E-state index in [4.69, 9.17) is 0 Å². The highest BCUT2D eigenvalue weighted by Gasteiger charge is 2.07. The lowest BCUT2D eigenvalue weighted by Crippen LogP contribution is -2.28. The van der Waals surface area contributed by atoms with E-state index >= 15 is 0 Å². The zero-order valence-electron chi connectivity index (χ0n) is 10.4. The minimum absolute atomic E-state index is 0.221. The Kier molecular flexibility index (Phi) is 2.56. The number of H-pyrrole nitrogens is 1. The molecule has 0 atom stereocenters. The van der Waals surface area contributed by atoms with Crippen LogP contribution in [0.4, 0.5) is 0 Å². The third-order valence-electron chi connectivity index (χ3n) is 3.08. The van der Waals surface area contributed by atoms with Crippen LogP contribution < -0.4 is 11.1 Å². The van der Waals surface area contributed by atoms with Crippen molar-refractivity contribution in [3.63, 3.8) is 0 Å². The van der Waals surface area contributed by atoms with Crippen LogP contribution in [-0.4, -0.2) is 9.78 Å². The van der Waals surface area contributed by atoms with Crippen LogP contribution in [-0.2, 0) is 0 Å². The number of benzene rings is 2. The molecule has 0 aliphatic heterocycles. The topological polar surface area (TPSA) is 54.9 Å². The van der Waals surface area contributed by atoms with E-state index in [1.54, 1.807) is 30.3 Å². The van der Waals surface area contributed by atoms with Crippen molar-refractivity contribution in [3.05, 3.63) is 74.8 Å². The van der Waals surface area contributed by atoms with Crippen LogP contribution in [0.25, 0.3) is 16.5 Å². The number of aryl methyl sites for hydroxylation is 1. The van der Waals surface area contributed by atoms with E-state index in [-0.39, 0.29) is 11.1 Å². The minimum atomic E-state index is -0.267. The molecular formula is C15H12N2O2. The third kappa shape index (κ3) is 1.87. The van der Waals surface area contributed by atoms with Gasteiger partial charge in [-0.1, -0.05) is 24.3 Å². The Bertz CT molecular complexity index is 875. The Morgan fingerprint density at radius 2 is 1.68 bits per heavy atom. The van der Waals surface area contributed by atoms with Gasteiger partial charge in [0, 0.05) is 0 Å². The molecule has 1 aromatic heterocycles. The molecule has 0 saturated heterocycles. The van der Waals surface area contributed by atoms with Gasteiger partial charge in [0.05, 0.1) is 16.5 Å². The average molecular weight is 252 g/mol. The van der Waals surface area contributed by atoms with Crippen molar-refractivity contribution in [1.29, 1.82) is 0 Å². The molecular weight excluding hydrogens is 240 g/mol. The molecule has 0 saturated carbocycles. The number of rotatable bonds is 1. The molecule has 94 valence electrons. The first kappa shape index (κ1) is 11.5. The van der Waals surface area contributed by atoms with Crippen LogP contribution in [0.1, 0.15) is 5.56 Å². The lowest BCUT2D eigenvalue weighted by Gasteiger charge is -2.07. The van der Waals surface area contributed by atoms with Crippen molar-refractivity contribution in [2.24, 2.45) is 0 Å². The normalized spacial score (nSPS) is 10.8. The van der Waals surface area contributed by atoms with Crippen LogP contribution in [0, 0.1) is 6.92 Å². The summed E-state index contributed by atoms with van der Waals surface area (Å²) in [5.41, 5.74) is 1.20. The molecule has 0 radical (unpaired) electrons. The fourth-order valence-corrected chi connectivity index (χ4v) is 2.15. The highest BCUT2D eigenvalue weighted by Crippen LogP contribution is 2.08. The first-order chi connectivity index (χ1) is 9.16. The second kappa shape index (κ2) is 4.24. The summed E-state index contributed by atoms with van der Waals surface area (Å²) < 4.78 is 1.29. The van der Waals surface area contributed by atoms with Crippen LogP contribution in [0.2, 0.25) is 0 Å². The molecule has 0 unspecified atom stereocenters. The number of aromatic amines is 1. The van der Waals surface area contributed by atoms with E-state index < -0.39 is 0 Å². The molecule has 1 heterocycles. The van der Waals surface area contributed by atoms with Gasteiger partial charge in [0.15, 0.2) is 0 Å². The van der Waals surface area contributed by atoms with Gasteiger partial charge >= 0.3 is 0 Å². The second-order valence-corrected chi connectivity index (χ2v) is 4.47. The lowest BCUT2D eigenvalue weighted by atomic mass is 10.2. The fraction of sp³-hybridized carbons (Fsp3) is 0.0667. The Hall–Kier alpha value is -2.62.